The Kier molecular flexibility index (Phi) is 4.79. The second-order valence-corrected chi connectivity index (χ2v) is 10.0. The molecule has 7 heteroatoms. The van der Waals surface area contributed by atoms with Gasteiger partial charge in [-0.05, 0) is 55.5 Å². The van der Waals surface area contributed by atoms with Crippen LogP contribution in [0.1, 0.15) is 18.1 Å². The van der Waals surface area contributed by atoms with Crippen molar-refractivity contribution in [3.8, 4) is 0 Å². The summed E-state index contributed by atoms with van der Waals surface area (Å²) in [7, 11) is 4.65. The van der Waals surface area contributed by atoms with E-state index in [2.05, 4.69) is 66.3 Å². The molecule has 1 aromatic carbocycles. The van der Waals surface area contributed by atoms with Gasteiger partial charge in [0.1, 0.15) is 0 Å². The molecule has 0 spiro atoms. The van der Waals surface area contributed by atoms with Gasteiger partial charge in [0.15, 0.2) is 0 Å². The lowest BCUT2D eigenvalue weighted by molar-refractivity contribution is -0.123. The molecule has 1 aromatic heterocycles. The number of piperazine rings is 1. The van der Waals surface area contributed by atoms with Crippen molar-refractivity contribution in [3.05, 3.63) is 59.6 Å². The average molecular weight is 421 g/mol. The van der Waals surface area contributed by atoms with Gasteiger partial charge in [-0.15, -0.1) is 0 Å². The smallest absolute Gasteiger partial charge is 0.252 e. The molecule has 1 fully saturated rings. The second kappa shape index (κ2) is 7.36. The highest BCUT2D eigenvalue weighted by Gasteiger charge is 2.31. The fraction of sp³-hybridized carbons (Fsp3) is 0.391. The number of rotatable bonds is 2. The molecule has 0 aliphatic carbocycles. The number of likely N-dealkylation sites (N-methyl/N-ethyl adjacent to an activating group) is 1. The van der Waals surface area contributed by atoms with Crippen LogP contribution in [0, 0.1) is 6.92 Å². The van der Waals surface area contributed by atoms with Gasteiger partial charge in [0.05, 0.1) is 17.0 Å². The van der Waals surface area contributed by atoms with Crippen LogP contribution in [0.2, 0.25) is 0 Å². The van der Waals surface area contributed by atoms with Crippen LogP contribution in [0.5, 0.6) is 0 Å². The Balaban J connectivity index is 1.41. The van der Waals surface area contributed by atoms with E-state index in [9.17, 15) is 4.79 Å². The Morgan fingerprint density at radius 2 is 2.03 bits per heavy atom. The molecule has 6 nitrogen and oxygen atoms in total. The summed E-state index contributed by atoms with van der Waals surface area (Å²) in [5, 5.41) is 6.79. The first-order valence-electron chi connectivity index (χ1n) is 10.5. The van der Waals surface area contributed by atoms with Gasteiger partial charge in [-0.1, -0.05) is 14.7 Å². The van der Waals surface area contributed by atoms with E-state index >= 15 is 0 Å². The van der Waals surface area contributed by atoms with E-state index in [1.54, 1.807) is 0 Å². The predicted molar refractivity (Wildman–Crippen MR) is 123 cm³/mol. The van der Waals surface area contributed by atoms with E-state index in [-0.39, 0.29) is 11.7 Å². The zero-order valence-corrected chi connectivity index (χ0v) is 19.0. The minimum absolute atomic E-state index is 0.0710. The number of amides is 1. The Bertz CT molecular complexity index is 1110. The highest BCUT2D eigenvalue weighted by Crippen LogP contribution is 2.45. The van der Waals surface area contributed by atoms with E-state index in [1.165, 1.54) is 0 Å². The maximum absolute atomic E-state index is 13.0. The number of benzene rings is 1. The number of aromatic nitrogens is 2. The molecule has 3 aliphatic rings. The maximum atomic E-state index is 13.0. The number of carbonyl (C=O) groups is 1. The summed E-state index contributed by atoms with van der Waals surface area (Å²) in [5.74, 6) is 0.178. The average Bonchev–Trinajstić information content (AvgIpc) is 3.10. The minimum Gasteiger partial charge on any atom is -0.368 e. The van der Waals surface area contributed by atoms with Gasteiger partial charge < -0.3 is 14.7 Å². The van der Waals surface area contributed by atoms with Crippen LogP contribution >= 0.6 is 8.58 Å². The van der Waals surface area contributed by atoms with Crippen LogP contribution in [0.3, 0.4) is 0 Å². The molecule has 3 atom stereocenters. The zero-order valence-electron chi connectivity index (χ0n) is 18.0. The van der Waals surface area contributed by atoms with E-state index in [1.807, 2.05) is 28.9 Å². The fourth-order valence-electron chi connectivity index (χ4n) is 4.49. The van der Waals surface area contributed by atoms with Crippen LogP contribution in [-0.2, 0) is 11.8 Å². The van der Waals surface area contributed by atoms with Crippen molar-refractivity contribution in [2.75, 3.05) is 26.7 Å². The molecular weight excluding hydrogens is 393 g/mol. The highest BCUT2D eigenvalue weighted by atomic mass is 31.1. The van der Waals surface area contributed by atoms with Crippen molar-refractivity contribution in [1.29, 1.82) is 0 Å². The molecule has 0 bridgehead atoms. The van der Waals surface area contributed by atoms with E-state index in [0.29, 0.717) is 14.6 Å². The van der Waals surface area contributed by atoms with E-state index in [0.717, 1.165) is 52.7 Å². The first-order valence-corrected chi connectivity index (χ1v) is 11.6. The largest absolute Gasteiger partial charge is 0.368 e. The topological polar surface area (TPSA) is 44.6 Å². The number of hydrogen-bond donors (Lipinski definition) is 0. The van der Waals surface area contributed by atoms with Gasteiger partial charge in [-0.25, -0.2) is 0 Å². The number of allylic oxidation sites excluding steroid dienone is 1. The second-order valence-electron chi connectivity index (χ2n) is 8.62. The minimum atomic E-state index is 0.0710. The monoisotopic (exact) mass is 421 g/mol. The Morgan fingerprint density at radius 3 is 2.83 bits per heavy atom. The van der Waals surface area contributed by atoms with E-state index in [4.69, 9.17) is 0 Å². The zero-order chi connectivity index (χ0) is 21.0. The molecule has 0 radical (unpaired) electrons. The summed E-state index contributed by atoms with van der Waals surface area (Å²) in [6.45, 7) is 7.38. The third kappa shape index (κ3) is 3.38. The number of carbonyl (C=O) groups excluding carboxylic acids is 1. The molecule has 1 amide bonds. The maximum Gasteiger partial charge on any atom is 0.252 e. The molecular formula is C23H28N5OP. The van der Waals surface area contributed by atoms with Crippen LogP contribution in [0.25, 0.3) is 16.2 Å². The molecule has 4 heterocycles. The SMILES string of the molecule is Cc1cc(C2=CC(=O)N3C=C(N4CCN(C)[C@@H](C)C4)C=CC3P2)cc2cn(C)nc12. The number of hydrogen-bond acceptors (Lipinski definition) is 4. The molecule has 2 aromatic rings. The molecule has 2 unspecified atom stereocenters. The molecule has 156 valence electrons. The van der Waals surface area contributed by atoms with Crippen LogP contribution < -0.4 is 0 Å². The number of nitrogens with zero attached hydrogens (tertiary/aromatic N) is 5. The summed E-state index contributed by atoms with van der Waals surface area (Å²) in [4.78, 5) is 19.7. The molecule has 5 rings (SSSR count). The van der Waals surface area contributed by atoms with Crippen molar-refractivity contribution in [2.45, 2.75) is 25.7 Å². The van der Waals surface area contributed by atoms with Crippen LogP contribution in [-0.4, -0.2) is 68.9 Å². The number of fused-ring (bicyclic) bond motifs is 2. The third-order valence-corrected chi connectivity index (χ3v) is 7.91. The lowest BCUT2D eigenvalue weighted by Gasteiger charge is -2.42. The van der Waals surface area contributed by atoms with E-state index < -0.39 is 0 Å². The summed E-state index contributed by atoms with van der Waals surface area (Å²) in [6, 6.07) is 4.84. The molecule has 3 aliphatic heterocycles. The Morgan fingerprint density at radius 1 is 1.20 bits per heavy atom. The van der Waals surface area contributed by atoms with Crippen LogP contribution in [0.4, 0.5) is 0 Å². The lowest BCUT2D eigenvalue weighted by Crippen LogP contribution is -2.50. The van der Waals surface area contributed by atoms with Crippen molar-refractivity contribution >= 4 is 30.7 Å². The van der Waals surface area contributed by atoms with Crippen molar-refractivity contribution < 1.29 is 4.79 Å². The Labute approximate surface area is 179 Å². The summed E-state index contributed by atoms with van der Waals surface area (Å²) in [5.41, 5.74) is 4.46. The fourth-order valence-corrected chi connectivity index (χ4v) is 5.86. The normalized spacial score (nSPS) is 25.7. The first kappa shape index (κ1) is 19.5. The first-order chi connectivity index (χ1) is 14.4. The molecule has 30 heavy (non-hydrogen) atoms. The quantitative estimate of drug-likeness (QED) is 0.699. The highest BCUT2D eigenvalue weighted by molar-refractivity contribution is 7.51. The van der Waals surface area contributed by atoms with Gasteiger partial charge in [-0.2, -0.15) is 5.10 Å². The van der Waals surface area contributed by atoms with Crippen LogP contribution in [0.15, 0.2) is 48.5 Å². The standard InChI is InChI=1S/C23H28N5OP/c1-15-9-17(10-18-13-26(4)24-23(15)18)20-11-21(29)28-14-19(5-6-22(28)30-20)27-8-7-25(3)16(2)12-27/h5-6,9-11,13-14,16,22,30H,7-8,12H2,1-4H3/t16-,22?/m0/s1. The summed E-state index contributed by atoms with van der Waals surface area (Å²) < 4.78 is 1.85. The van der Waals surface area contributed by atoms with Gasteiger partial charge in [0.25, 0.3) is 5.91 Å². The van der Waals surface area contributed by atoms with Gasteiger partial charge in [-0.3, -0.25) is 9.48 Å². The van der Waals surface area contributed by atoms with Crippen molar-refractivity contribution in [2.24, 2.45) is 7.05 Å². The summed E-state index contributed by atoms with van der Waals surface area (Å²) >= 11 is 0. The van der Waals surface area contributed by atoms with Gasteiger partial charge in [0.2, 0.25) is 0 Å². The lowest BCUT2D eigenvalue weighted by atomic mass is 10.1. The Hall–Kier alpha value is -2.43. The molecule has 0 saturated carbocycles. The van der Waals surface area contributed by atoms with Crippen molar-refractivity contribution in [1.82, 2.24) is 24.5 Å². The summed E-state index contributed by atoms with van der Waals surface area (Å²) in [6.07, 6.45) is 10.3. The molecule has 1 saturated heterocycles. The molecule has 0 N–H and O–H groups in total. The predicted octanol–water partition coefficient (Wildman–Crippen LogP) is 3.12. The number of aryl methyl sites for hydroxylation is 2. The third-order valence-electron chi connectivity index (χ3n) is 6.40. The van der Waals surface area contributed by atoms with Crippen molar-refractivity contribution in [3.63, 3.8) is 0 Å². The van der Waals surface area contributed by atoms with Gasteiger partial charge >= 0.3 is 0 Å². The van der Waals surface area contributed by atoms with Gasteiger partial charge in [0, 0.05) is 56.6 Å².